The van der Waals surface area contributed by atoms with Crippen molar-refractivity contribution < 1.29 is 4.79 Å². The number of piperazine rings is 1. The number of amides is 1. The molecule has 1 aromatic carbocycles. The molecular formula is C18H28ClIN4OS. The molecule has 1 fully saturated rings. The predicted octanol–water partition coefficient (Wildman–Crippen LogP) is 3.32. The highest BCUT2D eigenvalue weighted by atomic mass is 127. The van der Waals surface area contributed by atoms with Gasteiger partial charge in [0.15, 0.2) is 5.96 Å². The van der Waals surface area contributed by atoms with Crippen molar-refractivity contribution in [3.05, 3.63) is 34.9 Å². The molecule has 1 amide bonds. The maximum Gasteiger partial charge on any atom is 0.242 e. The SMILES string of the molecule is CN=C(NCCCCSC)N1CCN(Cc2ccc(Cl)cc2)C(=O)C1.I. The standard InChI is InChI=1S/C18H27ClN4OS.HI/c1-20-18(21-9-3-4-12-25-2)23-11-10-22(17(24)14-23)13-15-5-7-16(19)8-6-15;/h5-8H,3-4,9-14H2,1-2H3,(H,20,21);1H. The molecule has 0 spiro atoms. The van der Waals surface area contributed by atoms with Crippen LogP contribution in [0.5, 0.6) is 0 Å². The lowest BCUT2D eigenvalue weighted by molar-refractivity contribution is -0.135. The summed E-state index contributed by atoms with van der Waals surface area (Å²) in [7, 11) is 1.77. The molecule has 26 heavy (non-hydrogen) atoms. The second-order valence-electron chi connectivity index (χ2n) is 6.04. The molecule has 1 aliphatic rings. The van der Waals surface area contributed by atoms with E-state index in [-0.39, 0.29) is 29.9 Å². The van der Waals surface area contributed by atoms with Gasteiger partial charge in [-0.3, -0.25) is 9.79 Å². The number of guanidine groups is 1. The summed E-state index contributed by atoms with van der Waals surface area (Å²) in [5, 5.41) is 4.09. The van der Waals surface area contributed by atoms with Crippen LogP contribution in [0.2, 0.25) is 5.02 Å². The normalized spacial score (nSPS) is 15.0. The quantitative estimate of drug-likeness (QED) is 0.265. The number of benzene rings is 1. The lowest BCUT2D eigenvalue weighted by Gasteiger charge is -2.36. The van der Waals surface area contributed by atoms with Gasteiger partial charge in [-0.15, -0.1) is 24.0 Å². The largest absolute Gasteiger partial charge is 0.356 e. The van der Waals surface area contributed by atoms with Crippen molar-refractivity contribution in [1.82, 2.24) is 15.1 Å². The van der Waals surface area contributed by atoms with Gasteiger partial charge in [-0.25, -0.2) is 0 Å². The van der Waals surface area contributed by atoms with Gasteiger partial charge in [0, 0.05) is 38.2 Å². The summed E-state index contributed by atoms with van der Waals surface area (Å²) < 4.78 is 0. The van der Waals surface area contributed by atoms with Crippen LogP contribution in [0.15, 0.2) is 29.3 Å². The van der Waals surface area contributed by atoms with Gasteiger partial charge in [-0.05, 0) is 42.5 Å². The fraction of sp³-hybridized carbons (Fsp3) is 0.556. The fourth-order valence-corrected chi connectivity index (χ4v) is 3.39. The van der Waals surface area contributed by atoms with Crippen molar-refractivity contribution in [2.24, 2.45) is 4.99 Å². The molecule has 0 unspecified atom stereocenters. The van der Waals surface area contributed by atoms with Gasteiger partial charge in [-0.2, -0.15) is 11.8 Å². The number of halogens is 2. The number of carbonyl (C=O) groups excluding carboxylic acids is 1. The van der Waals surface area contributed by atoms with Crippen LogP contribution in [0.3, 0.4) is 0 Å². The third kappa shape index (κ3) is 7.52. The Morgan fingerprint density at radius 3 is 2.62 bits per heavy atom. The Morgan fingerprint density at radius 2 is 2.00 bits per heavy atom. The van der Waals surface area contributed by atoms with E-state index in [0.29, 0.717) is 24.7 Å². The van der Waals surface area contributed by atoms with Crippen LogP contribution in [0, 0.1) is 0 Å². The first-order valence-corrected chi connectivity index (χ1v) is 10.4. The Kier molecular flexibility index (Phi) is 11.4. The first kappa shape index (κ1) is 23.4. The summed E-state index contributed by atoms with van der Waals surface area (Å²) in [4.78, 5) is 20.7. The van der Waals surface area contributed by atoms with E-state index < -0.39 is 0 Å². The first-order valence-electron chi connectivity index (χ1n) is 8.61. The predicted molar refractivity (Wildman–Crippen MR) is 123 cm³/mol. The summed E-state index contributed by atoms with van der Waals surface area (Å²) in [6, 6.07) is 7.66. The van der Waals surface area contributed by atoms with Crippen LogP contribution in [0.25, 0.3) is 0 Å². The number of nitrogens with zero attached hydrogens (tertiary/aromatic N) is 3. The fourth-order valence-electron chi connectivity index (χ4n) is 2.77. The second-order valence-corrected chi connectivity index (χ2v) is 7.46. The van der Waals surface area contributed by atoms with Crippen LogP contribution in [-0.2, 0) is 11.3 Å². The zero-order valence-electron chi connectivity index (χ0n) is 15.4. The molecule has 0 bridgehead atoms. The van der Waals surface area contributed by atoms with Gasteiger partial charge in [0.1, 0.15) is 0 Å². The minimum atomic E-state index is 0. The Bertz CT molecular complexity index is 585. The van der Waals surface area contributed by atoms with Gasteiger partial charge in [0.25, 0.3) is 0 Å². The van der Waals surface area contributed by atoms with Gasteiger partial charge in [-0.1, -0.05) is 23.7 Å². The summed E-state index contributed by atoms with van der Waals surface area (Å²) in [6.07, 6.45) is 4.44. The molecule has 0 atom stereocenters. The topological polar surface area (TPSA) is 47.9 Å². The lowest BCUT2D eigenvalue weighted by atomic mass is 10.2. The number of aliphatic imine (C=N–C) groups is 1. The minimum Gasteiger partial charge on any atom is -0.356 e. The highest BCUT2D eigenvalue weighted by Crippen LogP contribution is 2.13. The highest BCUT2D eigenvalue weighted by Gasteiger charge is 2.25. The summed E-state index contributed by atoms with van der Waals surface area (Å²) in [5.41, 5.74) is 1.10. The van der Waals surface area contributed by atoms with E-state index in [2.05, 4.69) is 16.6 Å². The van der Waals surface area contributed by atoms with Crippen LogP contribution in [0.4, 0.5) is 0 Å². The van der Waals surface area contributed by atoms with Crippen molar-refractivity contribution in [2.75, 3.05) is 45.2 Å². The van der Waals surface area contributed by atoms with E-state index in [1.807, 2.05) is 45.8 Å². The van der Waals surface area contributed by atoms with Crippen LogP contribution >= 0.6 is 47.3 Å². The third-order valence-electron chi connectivity index (χ3n) is 4.18. The maximum absolute atomic E-state index is 12.5. The van der Waals surface area contributed by atoms with E-state index >= 15 is 0 Å². The number of nitrogens with one attached hydrogen (secondary N) is 1. The molecule has 1 aromatic rings. The highest BCUT2D eigenvalue weighted by molar-refractivity contribution is 14.0. The zero-order chi connectivity index (χ0) is 18.1. The Labute approximate surface area is 183 Å². The lowest BCUT2D eigenvalue weighted by Crippen LogP contribution is -2.55. The average Bonchev–Trinajstić information content (AvgIpc) is 2.62. The average molecular weight is 511 g/mol. The first-order chi connectivity index (χ1) is 12.1. The van der Waals surface area contributed by atoms with Gasteiger partial charge in [0.05, 0.1) is 6.54 Å². The molecular weight excluding hydrogens is 483 g/mol. The molecule has 5 nitrogen and oxygen atoms in total. The molecule has 8 heteroatoms. The minimum absolute atomic E-state index is 0. The smallest absolute Gasteiger partial charge is 0.242 e. The molecule has 146 valence electrons. The summed E-state index contributed by atoms with van der Waals surface area (Å²) in [5.74, 6) is 2.14. The van der Waals surface area contributed by atoms with Crippen LogP contribution in [0.1, 0.15) is 18.4 Å². The number of hydrogen-bond acceptors (Lipinski definition) is 3. The van der Waals surface area contributed by atoms with Crippen molar-refractivity contribution in [3.8, 4) is 0 Å². The molecule has 0 saturated carbocycles. The summed E-state index contributed by atoms with van der Waals surface area (Å²) in [6.45, 7) is 3.40. The molecule has 0 radical (unpaired) electrons. The van der Waals surface area contributed by atoms with E-state index in [0.717, 1.165) is 31.0 Å². The van der Waals surface area contributed by atoms with E-state index in [1.54, 1.807) is 7.05 Å². The summed E-state index contributed by atoms with van der Waals surface area (Å²) >= 11 is 7.78. The molecule has 0 aliphatic carbocycles. The number of carbonyl (C=O) groups is 1. The van der Waals surface area contributed by atoms with Crippen molar-refractivity contribution in [2.45, 2.75) is 19.4 Å². The molecule has 2 rings (SSSR count). The van der Waals surface area contributed by atoms with Crippen molar-refractivity contribution in [1.29, 1.82) is 0 Å². The number of hydrogen-bond donors (Lipinski definition) is 1. The van der Waals surface area contributed by atoms with E-state index in [1.165, 1.54) is 12.2 Å². The van der Waals surface area contributed by atoms with Crippen LogP contribution in [-0.4, -0.2) is 66.9 Å². The van der Waals surface area contributed by atoms with E-state index in [9.17, 15) is 4.79 Å². The number of rotatable bonds is 7. The van der Waals surface area contributed by atoms with Gasteiger partial charge >= 0.3 is 0 Å². The van der Waals surface area contributed by atoms with E-state index in [4.69, 9.17) is 11.6 Å². The van der Waals surface area contributed by atoms with Crippen molar-refractivity contribution >= 4 is 59.2 Å². The Hall–Kier alpha value is -0.670. The van der Waals surface area contributed by atoms with Crippen molar-refractivity contribution in [3.63, 3.8) is 0 Å². The zero-order valence-corrected chi connectivity index (χ0v) is 19.3. The molecule has 1 heterocycles. The second kappa shape index (κ2) is 12.7. The Morgan fingerprint density at radius 1 is 1.27 bits per heavy atom. The molecule has 1 saturated heterocycles. The number of thioether (sulfide) groups is 1. The number of unbranched alkanes of at least 4 members (excludes halogenated alkanes) is 1. The maximum atomic E-state index is 12.5. The van der Waals surface area contributed by atoms with Gasteiger partial charge in [0.2, 0.25) is 5.91 Å². The van der Waals surface area contributed by atoms with Gasteiger partial charge < -0.3 is 15.1 Å². The Balaban J connectivity index is 0.00000338. The molecule has 1 N–H and O–H groups in total. The molecule has 0 aromatic heterocycles. The third-order valence-corrected chi connectivity index (χ3v) is 5.12. The van der Waals surface area contributed by atoms with Crippen LogP contribution < -0.4 is 5.32 Å². The monoisotopic (exact) mass is 510 g/mol. The molecule has 1 aliphatic heterocycles.